The minimum atomic E-state index is -0.150. The van der Waals surface area contributed by atoms with Crippen LogP contribution in [0.4, 0.5) is 0 Å². The second-order valence-electron chi connectivity index (χ2n) is 9.03. The third-order valence-electron chi connectivity index (χ3n) is 7.32. The molecular weight excluding hydrogens is 450 g/mol. The molecule has 0 radical (unpaired) electrons. The molecule has 182 valence electrons. The summed E-state index contributed by atoms with van der Waals surface area (Å²) in [5.74, 6) is 3.76. The van der Waals surface area contributed by atoms with E-state index in [4.69, 9.17) is 14.7 Å². The van der Waals surface area contributed by atoms with Crippen molar-refractivity contribution in [3.05, 3.63) is 89.2 Å². The predicted molar refractivity (Wildman–Crippen MR) is 148 cm³/mol. The van der Waals surface area contributed by atoms with Crippen molar-refractivity contribution in [1.29, 1.82) is 0 Å². The average Bonchev–Trinajstić information content (AvgIpc) is 3.75. The molecule has 0 bridgehead atoms. The largest absolute Gasteiger partial charge is 0.496 e. The molecule has 35 heavy (non-hydrogen) atoms. The number of hydrogen-bond acceptors (Lipinski definition) is 4. The van der Waals surface area contributed by atoms with Gasteiger partial charge < -0.3 is 9.30 Å². The summed E-state index contributed by atoms with van der Waals surface area (Å²) in [4.78, 5) is 9.67. The van der Waals surface area contributed by atoms with E-state index in [1.165, 1.54) is 33.9 Å². The Kier molecular flexibility index (Phi) is 6.39. The Morgan fingerprint density at radius 3 is 2.83 bits per heavy atom. The molecule has 7 rings (SSSR count). The summed E-state index contributed by atoms with van der Waals surface area (Å²) in [6.07, 6.45) is 16.2. The standard InChI is InChI=1S/C26H23N3OS.2C2H6/c1-3-15-10-16(6-7-22(15)30-2)19-13-23-27-8-9-29(23)26(14-21(19)26)31-24-12-18-5-4-17-11-20(17)25(18)28-24;2*1-2/h3-10,14,17,19-20H,1,11-13H2,2H3;2*1-2H3. The fourth-order valence-electron chi connectivity index (χ4n) is 5.56. The molecule has 0 saturated heterocycles. The van der Waals surface area contributed by atoms with Crippen LogP contribution in [0.3, 0.4) is 0 Å². The van der Waals surface area contributed by atoms with Gasteiger partial charge >= 0.3 is 0 Å². The zero-order valence-corrected chi connectivity index (χ0v) is 22.2. The number of benzene rings is 1. The number of methoxy groups -OCH3 is 1. The summed E-state index contributed by atoms with van der Waals surface area (Å²) < 4.78 is 7.85. The Morgan fingerprint density at radius 1 is 1.23 bits per heavy atom. The van der Waals surface area contributed by atoms with Crippen LogP contribution in [0.1, 0.15) is 63.4 Å². The molecule has 0 N–H and O–H groups in total. The predicted octanol–water partition coefficient (Wildman–Crippen LogP) is 7.52. The van der Waals surface area contributed by atoms with Gasteiger partial charge in [0.2, 0.25) is 0 Å². The highest BCUT2D eigenvalue weighted by Crippen LogP contribution is 2.63. The van der Waals surface area contributed by atoms with E-state index in [0.29, 0.717) is 11.8 Å². The zero-order valence-electron chi connectivity index (χ0n) is 21.4. The van der Waals surface area contributed by atoms with Crippen molar-refractivity contribution >= 4 is 22.9 Å². The molecule has 3 heterocycles. The quantitative estimate of drug-likeness (QED) is 0.421. The van der Waals surface area contributed by atoms with E-state index in [0.717, 1.165) is 35.9 Å². The summed E-state index contributed by atoms with van der Waals surface area (Å²) in [6, 6.07) is 6.47. The highest BCUT2D eigenvalue weighted by Gasteiger charge is 2.55. The first kappa shape index (κ1) is 23.9. The number of hydrogen-bond donors (Lipinski definition) is 0. The van der Waals surface area contributed by atoms with Crippen LogP contribution < -0.4 is 4.74 Å². The molecule has 4 atom stereocenters. The van der Waals surface area contributed by atoms with E-state index < -0.39 is 0 Å². The number of rotatable bonds is 4. The van der Waals surface area contributed by atoms with E-state index in [1.807, 2.05) is 51.7 Å². The van der Waals surface area contributed by atoms with Gasteiger partial charge in [-0.2, -0.15) is 0 Å². The highest BCUT2D eigenvalue weighted by atomic mass is 32.2. The molecule has 0 spiro atoms. The monoisotopic (exact) mass is 485 g/mol. The minimum Gasteiger partial charge on any atom is -0.496 e. The van der Waals surface area contributed by atoms with Crippen molar-refractivity contribution in [2.75, 3.05) is 7.11 Å². The lowest BCUT2D eigenvalue weighted by Crippen LogP contribution is -2.29. The summed E-state index contributed by atoms with van der Waals surface area (Å²) in [5.41, 5.74) is 6.60. The van der Waals surface area contributed by atoms with Gasteiger partial charge in [0, 0.05) is 48.3 Å². The number of aliphatic imine (C=N–C) groups is 1. The number of allylic oxidation sites excluding steroid dienone is 4. The van der Waals surface area contributed by atoms with Gasteiger partial charge in [-0.1, -0.05) is 70.3 Å². The van der Waals surface area contributed by atoms with Crippen LogP contribution in [0.2, 0.25) is 0 Å². The van der Waals surface area contributed by atoms with Crippen LogP contribution in [0.5, 0.6) is 5.75 Å². The topological polar surface area (TPSA) is 39.4 Å². The summed E-state index contributed by atoms with van der Waals surface area (Å²) >= 11 is 1.91. The zero-order chi connectivity index (χ0) is 24.7. The lowest BCUT2D eigenvalue weighted by atomic mass is 9.88. The van der Waals surface area contributed by atoms with E-state index in [9.17, 15) is 0 Å². The van der Waals surface area contributed by atoms with Crippen LogP contribution in [0.25, 0.3) is 6.08 Å². The van der Waals surface area contributed by atoms with E-state index in [2.05, 4.69) is 53.8 Å². The Bertz CT molecular complexity index is 1280. The van der Waals surface area contributed by atoms with Crippen molar-refractivity contribution in [1.82, 2.24) is 9.55 Å². The van der Waals surface area contributed by atoms with Gasteiger partial charge in [-0.05, 0) is 47.3 Å². The van der Waals surface area contributed by atoms with Gasteiger partial charge in [0.25, 0.3) is 0 Å². The van der Waals surface area contributed by atoms with Crippen LogP contribution in [-0.4, -0.2) is 21.7 Å². The molecule has 2 aliphatic heterocycles. The molecule has 1 fully saturated rings. The molecule has 1 saturated carbocycles. The molecule has 5 heteroatoms. The normalized spacial score (nSPS) is 28.0. The van der Waals surface area contributed by atoms with Crippen molar-refractivity contribution < 1.29 is 4.74 Å². The SMILES string of the molecule is C=Cc1cc(C2Cc3nccn3C3(SC4=NC5=C(C=CC6CC56)C4)C=C23)ccc1OC.CC.CC. The van der Waals surface area contributed by atoms with E-state index >= 15 is 0 Å². The van der Waals surface area contributed by atoms with Crippen LogP contribution >= 0.6 is 11.8 Å². The fourth-order valence-corrected chi connectivity index (χ4v) is 7.00. The number of ether oxygens (including phenoxy) is 1. The first-order valence-corrected chi connectivity index (χ1v) is 13.8. The first-order chi connectivity index (χ1) is 17.2. The Hall–Kier alpha value is -2.79. The van der Waals surface area contributed by atoms with Gasteiger partial charge in [0.1, 0.15) is 16.4 Å². The van der Waals surface area contributed by atoms with Crippen molar-refractivity contribution in [3.8, 4) is 5.75 Å². The molecule has 4 unspecified atom stereocenters. The van der Waals surface area contributed by atoms with Crippen molar-refractivity contribution in [3.63, 3.8) is 0 Å². The van der Waals surface area contributed by atoms with E-state index in [-0.39, 0.29) is 4.87 Å². The molecule has 3 aliphatic carbocycles. The number of nitrogens with zero attached hydrogens (tertiary/aromatic N) is 3. The molecule has 5 aliphatic rings. The molecule has 1 aromatic heterocycles. The third kappa shape index (κ3) is 3.85. The number of imidazole rings is 1. The summed E-state index contributed by atoms with van der Waals surface area (Å²) in [6.45, 7) is 12.0. The minimum absolute atomic E-state index is 0.150. The maximum atomic E-state index is 5.49. The second-order valence-corrected chi connectivity index (χ2v) is 10.3. The van der Waals surface area contributed by atoms with Gasteiger partial charge in [0.15, 0.2) is 0 Å². The van der Waals surface area contributed by atoms with Gasteiger partial charge in [-0.3, -0.25) is 0 Å². The molecule has 1 aromatic carbocycles. The van der Waals surface area contributed by atoms with Gasteiger partial charge in [-0.15, -0.1) is 0 Å². The number of thioether (sulfide) groups is 1. The first-order valence-electron chi connectivity index (χ1n) is 12.9. The molecule has 0 amide bonds. The Labute approximate surface area is 213 Å². The van der Waals surface area contributed by atoms with Gasteiger partial charge in [-0.25, -0.2) is 9.98 Å². The maximum Gasteiger partial charge on any atom is 0.138 e. The summed E-state index contributed by atoms with van der Waals surface area (Å²) in [7, 11) is 1.71. The fraction of sp³-hybridized carbons (Fsp3) is 0.400. The smallest absolute Gasteiger partial charge is 0.138 e. The average molecular weight is 486 g/mol. The lowest BCUT2D eigenvalue weighted by molar-refractivity contribution is 0.413. The maximum absolute atomic E-state index is 5.49. The van der Waals surface area contributed by atoms with E-state index in [1.54, 1.807) is 7.11 Å². The Morgan fingerprint density at radius 2 is 2.06 bits per heavy atom. The van der Waals surface area contributed by atoms with Gasteiger partial charge in [0.05, 0.1) is 12.2 Å². The van der Waals surface area contributed by atoms with Crippen molar-refractivity contribution in [2.24, 2.45) is 16.8 Å². The van der Waals surface area contributed by atoms with Crippen LogP contribution in [-0.2, 0) is 11.3 Å². The lowest BCUT2D eigenvalue weighted by Gasteiger charge is -2.31. The molecule has 4 nitrogen and oxygen atoms in total. The van der Waals surface area contributed by atoms with Crippen molar-refractivity contribution in [2.45, 2.75) is 57.7 Å². The van der Waals surface area contributed by atoms with Crippen LogP contribution in [0, 0.1) is 11.8 Å². The third-order valence-corrected chi connectivity index (χ3v) is 8.65. The number of fused-ring (bicyclic) bond motifs is 5. The molecule has 2 aromatic rings. The highest BCUT2D eigenvalue weighted by molar-refractivity contribution is 8.15. The van der Waals surface area contributed by atoms with Crippen LogP contribution in [0.15, 0.2) is 77.2 Å². The summed E-state index contributed by atoms with van der Waals surface area (Å²) in [5, 5.41) is 1.25. The Balaban J connectivity index is 0.000000605. The molecular formula is C30H35N3OS. The second kappa shape index (κ2) is 9.34. The number of aromatic nitrogens is 2.